The number of allylic oxidation sites excluding steroid dienone is 1. The molecule has 0 unspecified atom stereocenters. The fourth-order valence-corrected chi connectivity index (χ4v) is 0.495. The van der Waals surface area contributed by atoms with Crippen LogP contribution in [0.3, 0.4) is 0 Å². The maximum atomic E-state index is 11.0. The van der Waals surface area contributed by atoms with Crippen molar-refractivity contribution in [3.05, 3.63) is 11.6 Å². The summed E-state index contributed by atoms with van der Waals surface area (Å²) in [5.74, 6) is -0.218. The number of rotatable bonds is 2. The van der Waals surface area contributed by atoms with Gasteiger partial charge in [0.15, 0.2) is 0 Å². The number of carbonyl (C=O) groups excluding carboxylic acids is 1. The highest BCUT2D eigenvalue weighted by atomic mass is 16.7. The molecular formula is C9H17NO2. The largest absolute Gasteiger partial charge is 0.268 e. The van der Waals surface area contributed by atoms with Crippen molar-refractivity contribution in [2.45, 2.75) is 40.2 Å². The SMILES string of the molecule is CC(C)=CC(=O)NOC(C)(C)C. The van der Waals surface area contributed by atoms with Gasteiger partial charge in [-0.25, -0.2) is 5.48 Å². The van der Waals surface area contributed by atoms with Crippen molar-refractivity contribution in [3.63, 3.8) is 0 Å². The van der Waals surface area contributed by atoms with Crippen LogP contribution in [0.25, 0.3) is 0 Å². The zero-order valence-corrected chi connectivity index (χ0v) is 8.39. The van der Waals surface area contributed by atoms with E-state index < -0.39 is 0 Å². The molecule has 1 N–H and O–H groups in total. The second-order valence-corrected chi connectivity index (χ2v) is 3.90. The van der Waals surface area contributed by atoms with Crippen molar-refractivity contribution in [3.8, 4) is 0 Å². The van der Waals surface area contributed by atoms with Gasteiger partial charge in [-0.3, -0.25) is 9.63 Å². The van der Waals surface area contributed by atoms with Crippen molar-refractivity contribution in [2.24, 2.45) is 0 Å². The van der Waals surface area contributed by atoms with Gasteiger partial charge in [0.2, 0.25) is 0 Å². The highest BCUT2D eigenvalue weighted by molar-refractivity contribution is 5.87. The molecule has 0 saturated carbocycles. The minimum Gasteiger partial charge on any atom is -0.268 e. The number of carbonyl (C=O) groups is 1. The summed E-state index contributed by atoms with van der Waals surface area (Å²) in [4.78, 5) is 16.0. The Morgan fingerprint density at radius 1 is 1.33 bits per heavy atom. The van der Waals surface area contributed by atoms with Crippen LogP contribution in [0.4, 0.5) is 0 Å². The summed E-state index contributed by atoms with van der Waals surface area (Å²) in [5, 5.41) is 0. The van der Waals surface area contributed by atoms with Crippen molar-refractivity contribution in [2.75, 3.05) is 0 Å². The minimum absolute atomic E-state index is 0.218. The Kier molecular flexibility index (Phi) is 3.96. The Balaban J connectivity index is 3.81. The standard InChI is InChI=1S/C9H17NO2/c1-7(2)6-8(11)10-12-9(3,4)5/h6H,1-5H3,(H,10,11). The Bertz CT molecular complexity index is 185. The second-order valence-electron chi connectivity index (χ2n) is 3.90. The van der Waals surface area contributed by atoms with E-state index in [1.165, 1.54) is 6.08 Å². The van der Waals surface area contributed by atoms with Crippen LogP contribution < -0.4 is 5.48 Å². The fraction of sp³-hybridized carbons (Fsp3) is 0.667. The molecular weight excluding hydrogens is 154 g/mol. The number of amides is 1. The molecule has 0 aliphatic carbocycles. The molecule has 0 aliphatic rings. The molecule has 0 aromatic carbocycles. The van der Waals surface area contributed by atoms with E-state index in [0.29, 0.717) is 0 Å². The third kappa shape index (κ3) is 7.28. The van der Waals surface area contributed by atoms with E-state index in [2.05, 4.69) is 5.48 Å². The van der Waals surface area contributed by atoms with Crippen molar-refractivity contribution >= 4 is 5.91 Å². The van der Waals surface area contributed by atoms with E-state index in [9.17, 15) is 4.79 Å². The van der Waals surface area contributed by atoms with Gasteiger partial charge >= 0.3 is 0 Å². The highest BCUT2D eigenvalue weighted by Crippen LogP contribution is 2.03. The minimum atomic E-state index is -0.342. The second kappa shape index (κ2) is 4.26. The normalized spacial score (nSPS) is 10.8. The quantitative estimate of drug-likeness (QED) is 0.508. The summed E-state index contributed by atoms with van der Waals surface area (Å²) in [6.45, 7) is 9.33. The molecule has 0 aromatic rings. The van der Waals surface area contributed by atoms with E-state index in [0.717, 1.165) is 5.57 Å². The van der Waals surface area contributed by atoms with Crippen LogP contribution >= 0.6 is 0 Å². The number of hydroxylamine groups is 1. The van der Waals surface area contributed by atoms with Crippen LogP contribution in [0, 0.1) is 0 Å². The van der Waals surface area contributed by atoms with Crippen LogP contribution in [-0.4, -0.2) is 11.5 Å². The third-order valence-electron chi connectivity index (χ3n) is 0.878. The Labute approximate surface area is 73.7 Å². The van der Waals surface area contributed by atoms with E-state index in [-0.39, 0.29) is 11.5 Å². The van der Waals surface area contributed by atoms with Crippen LogP contribution in [0.2, 0.25) is 0 Å². The number of hydrogen-bond acceptors (Lipinski definition) is 2. The summed E-state index contributed by atoms with van der Waals surface area (Å²) in [6, 6.07) is 0. The van der Waals surface area contributed by atoms with Gasteiger partial charge in [-0.2, -0.15) is 0 Å². The van der Waals surface area contributed by atoms with Crippen molar-refractivity contribution in [1.82, 2.24) is 5.48 Å². The lowest BCUT2D eigenvalue weighted by Crippen LogP contribution is -2.32. The molecule has 70 valence electrons. The van der Waals surface area contributed by atoms with Crippen LogP contribution in [0.15, 0.2) is 11.6 Å². The maximum absolute atomic E-state index is 11.0. The summed E-state index contributed by atoms with van der Waals surface area (Å²) in [6.07, 6.45) is 1.49. The molecule has 0 bridgehead atoms. The van der Waals surface area contributed by atoms with Gasteiger partial charge in [0.05, 0.1) is 5.60 Å². The molecule has 0 saturated heterocycles. The van der Waals surface area contributed by atoms with E-state index in [4.69, 9.17) is 4.84 Å². The first-order valence-electron chi connectivity index (χ1n) is 3.94. The maximum Gasteiger partial charge on any atom is 0.267 e. The average molecular weight is 171 g/mol. The number of nitrogens with one attached hydrogen (secondary N) is 1. The molecule has 0 rings (SSSR count). The Hall–Kier alpha value is -0.830. The first kappa shape index (κ1) is 11.2. The first-order valence-corrected chi connectivity index (χ1v) is 3.94. The van der Waals surface area contributed by atoms with Crippen molar-refractivity contribution in [1.29, 1.82) is 0 Å². The first-order chi connectivity index (χ1) is 5.31. The molecule has 0 aromatic heterocycles. The molecule has 0 aliphatic heterocycles. The van der Waals surface area contributed by atoms with Crippen molar-refractivity contribution < 1.29 is 9.63 Å². The molecule has 12 heavy (non-hydrogen) atoms. The van der Waals surface area contributed by atoms with Gasteiger partial charge in [0, 0.05) is 6.08 Å². The lowest BCUT2D eigenvalue weighted by Gasteiger charge is -2.18. The molecule has 0 radical (unpaired) electrons. The van der Waals surface area contributed by atoms with E-state index >= 15 is 0 Å². The molecule has 0 fully saturated rings. The van der Waals surface area contributed by atoms with E-state index in [1.807, 2.05) is 34.6 Å². The molecule has 3 heteroatoms. The summed E-state index contributed by atoms with van der Waals surface area (Å²) in [5.41, 5.74) is 2.95. The fourth-order valence-electron chi connectivity index (χ4n) is 0.495. The van der Waals surface area contributed by atoms with Gasteiger partial charge in [-0.15, -0.1) is 0 Å². The lowest BCUT2D eigenvalue weighted by atomic mass is 10.2. The van der Waals surface area contributed by atoms with Gasteiger partial charge in [-0.05, 0) is 34.6 Å². The average Bonchev–Trinajstić information content (AvgIpc) is 1.80. The highest BCUT2D eigenvalue weighted by Gasteiger charge is 2.11. The summed E-state index contributed by atoms with van der Waals surface area (Å²) >= 11 is 0. The molecule has 0 atom stereocenters. The zero-order chi connectivity index (χ0) is 9.78. The Morgan fingerprint density at radius 2 is 1.83 bits per heavy atom. The molecule has 0 spiro atoms. The topological polar surface area (TPSA) is 38.3 Å². The third-order valence-corrected chi connectivity index (χ3v) is 0.878. The van der Waals surface area contributed by atoms with Gasteiger partial charge in [0.25, 0.3) is 5.91 Å². The van der Waals surface area contributed by atoms with Crippen LogP contribution in [0.1, 0.15) is 34.6 Å². The molecule has 3 nitrogen and oxygen atoms in total. The van der Waals surface area contributed by atoms with Gasteiger partial charge in [0.1, 0.15) is 0 Å². The molecule has 1 amide bonds. The zero-order valence-electron chi connectivity index (χ0n) is 8.39. The number of hydrogen-bond donors (Lipinski definition) is 1. The summed E-state index contributed by atoms with van der Waals surface area (Å²) < 4.78 is 0. The monoisotopic (exact) mass is 171 g/mol. The van der Waals surface area contributed by atoms with E-state index in [1.54, 1.807) is 0 Å². The van der Waals surface area contributed by atoms with Crippen LogP contribution in [0.5, 0.6) is 0 Å². The molecule has 0 heterocycles. The van der Waals surface area contributed by atoms with Gasteiger partial charge in [-0.1, -0.05) is 5.57 Å². The van der Waals surface area contributed by atoms with Crippen LogP contribution in [-0.2, 0) is 9.63 Å². The lowest BCUT2D eigenvalue weighted by molar-refractivity contribution is -0.140. The van der Waals surface area contributed by atoms with Gasteiger partial charge < -0.3 is 0 Å². The predicted octanol–water partition coefficient (Wildman–Crippen LogP) is 1.80. The Morgan fingerprint density at radius 3 is 2.17 bits per heavy atom. The smallest absolute Gasteiger partial charge is 0.267 e. The predicted molar refractivity (Wildman–Crippen MR) is 48.4 cm³/mol. The summed E-state index contributed by atoms with van der Waals surface area (Å²) in [7, 11) is 0.